The maximum Gasteiger partial charge on any atom is 0.262 e. The van der Waals surface area contributed by atoms with Gasteiger partial charge in [-0.05, 0) is 18.2 Å². The molecule has 0 aliphatic carbocycles. The third kappa shape index (κ3) is 2.99. The second kappa shape index (κ2) is 6.85. The standard InChI is InChI=1S/C20H18N2O6S/c1-26-15-9-11(10-16(27-2)19(15)28-3)22-29(24,25)17-8-7-14-18-12(17)5-4-6-13(18)20(23)21-14/h4-10,22H,1-3H3,(H,21,23). The van der Waals surface area contributed by atoms with Gasteiger partial charge < -0.3 is 19.5 Å². The fourth-order valence-electron chi connectivity index (χ4n) is 3.45. The van der Waals surface area contributed by atoms with Crippen LogP contribution in [0, 0.1) is 0 Å². The van der Waals surface area contributed by atoms with Gasteiger partial charge in [0.05, 0.1) is 31.9 Å². The van der Waals surface area contributed by atoms with Crippen LogP contribution in [-0.2, 0) is 10.0 Å². The van der Waals surface area contributed by atoms with E-state index >= 15 is 0 Å². The van der Waals surface area contributed by atoms with Crippen LogP contribution in [0.5, 0.6) is 17.2 Å². The zero-order valence-corrected chi connectivity index (χ0v) is 16.7. The number of methoxy groups -OCH3 is 3. The van der Waals surface area contributed by atoms with Crippen molar-refractivity contribution >= 4 is 38.1 Å². The lowest BCUT2D eigenvalue weighted by atomic mass is 10.1. The number of ether oxygens (including phenoxy) is 3. The van der Waals surface area contributed by atoms with Gasteiger partial charge in [0.25, 0.3) is 15.9 Å². The molecular formula is C20H18N2O6S. The predicted molar refractivity (Wildman–Crippen MR) is 109 cm³/mol. The van der Waals surface area contributed by atoms with Crippen LogP contribution in [-0.4, -0.2) is 35.7 Å². The van der Waals surface area contributed by atoms with Gasteiger partial charge in [-0.15, -0.1) is 0 Å². The molecule has 1 aliphatic rings. The Balaban J connectivity index is 1.82. The Morgan fingerprint density at radius 1 is 0.931 bits per heavy atom. The summed E-state index contributed by atoms with van der Waals surface area (Å²) >= 11 is 0. The van der Waals surface area contributed by atoms with Crippen LogP contribution >= 0.6 is 0 Å². The van der Waals surface area contributed by atoms with E-state index in [0.29, 0.717) is 39.3 Å². The summed E-state index contributed by atoms with van der Waals surface area (Å²) in [5, 5.41) is 3.79. The van der Waals surface area contributed by atoms with Crippen molar-refractivity contribution in [2.45, 2.75) is 4.90 Å². The van der Waals surface area contributed by atoms with E-state index in [-0.39, 0.29) is 16.5 Å². The van der Waals surface area contributed by atoms with Gasteiger partial charge in [0.2, 0.25) is 5.75 Å². The minimum absolute atomic E-state index is 0.0587. The predicted octanol–water partition coefficient (Wildman–Crippen LogP) is 3.23. The molecule has 150 valence electrons. The van der Waals surface area contributed by atoms with Gasteiger partial charge in [0.15, 0.2) is 11.5 Å². The topological polar surface area (TPSA) is 103 Å². The third-order valence-electron chi connectivity index (χ3n) is 4.70. The molecule has 2 N–H and O–H groups in total. The second-order valence-electron chi connectivity index (χ2n) is 6.31. The van der Waals surface area contributed by atoms with E-state index in [1.54, 1.807) is 24.3 Å². The van der Waals surface area contributed by atoms with Crippen LogP contribution < -0.4 is 24.2 Å². The van der Waals surface area contributed by atoms with Crippen LogP contribution in [0.3, 0.4) is 0 Å². The molecule has 0 bridgehead atoms. The van der Waals surface area contributed by atoms with Crippen LogP contribution in [0.2, 0.25) is 0 Å². The Kier molecular flexibility index (Phi) is 4.46. The Labute approximate surface area is 167 Å². The number of hydrogen-bond acceptors (Lipinski definition) is 6. The van der Waals surface area contributed by atoms with Gasteiger partial charge in [-0.2, -0.15) is 0 Å². The first-order chi connectivity index (χ1) is 13.9. The molecule has 3 aromatic rings. The van der Waals surface area contributed by atoms with E-state index in [4.69, 9.17) is 14.2 Å². The number of nitrogens with one attached hydrogen (secondary N) is 2. The van der Waals surface area contributed by atoms with Crippen molar-refractivity contribution in [3.05, 3.63) is 48.0 Å². The number of sulfonamides is 1. The molecule has 1 aliphatic heterocycles. The second-order valence-corrected chi connectivity index (χ2v) is 7.96. The Bertz CT molecular complexity index is 1230. The maximum atomic E-state index is 13.2. The van der Waals surface area contributed by atoms with Crippen LogP contribution in [0.1, 0.15) is 10.4 Å². The molecule has 1 amide bonds. The molecule has 0 atom stereocenters. The first-order valence-electron chi connectivity index (χ1n) is 8.59. The molecule has 8 nitrogen and oxygen atoms in total. The first-order valence-corrected chi connectivity index (χ1v) is 10.1. The Hall–Kier alpha value is -3.46. The fourth-order valence-corrected chi connectivity index (χ4v) is 4.69. The molecule has 4 rings (SSSR count). The van der Waals surface area contributed by atoms with Crippen molar-refractivity contribution in [3.8, 4) is 17.2 Å². The lowest BCUT2D eigenvalue weighted by molar-refractivity contribution is 0.103. The highest BCUT2D eigenvalue weighted by molar-refractivity contribution is 7.93. The third-order valence-corrected chi connectivity index (χ3v) is 6.14. The van der Waals surface area contributed by atoms with Crippen molar-refractivity contribution < 1.29 is 27.4 Å². The van der Waals surface area contributed by atoms with Crippen molar-refractivity contribution in [2.75, 3.05) is 31.4 Å². The summed E-state index contributed by atoms with van der Waals surface area (Å²) in [6.45, 7) is 0. The summed E-state index contributed by atoms with van der Waals surface area (Å²) < 4.78 is 44.7. The normalized spacial score (nSPS) is 12.6. The summed E-state index contributed by atoms with van der Waals surface area (Å²) in [7, 11) is 0.385. The SMILES string of the molecule is COc1cc(NS(=O)(=O)c2ccc3c4c(cccc24)C(=O)N3)cc(OC)c1OC. The molecule has 0 aromatic heterocycles. The van der Waals surface area contributed by atoms with Crippen molar-refractivity contribution in [1.82, 2.24) is 0 Å². The van der Waals surface area contributed by atoms with E-state index in [2.05, 4.69) is 10.0 Å². The number of hydrogen-bond donors (Lipinski definition) is 2. The molecule has 1 heterocycles. The smallest absolute Gasteiger partial charge is 0.262 e. The Morgan fingerprint density at radius 3 is 2.24 bits per heavy atom. The molecule has 3 aromatic carbocycles. The highest BCUT2D eigenvalue weighted by atomic mass is 32.2. The highest BCUT2D eigenvalue weighted by Crippen LogP contribution is 2.41. The summed E-state index contributed by atoms with van der Waals surface area (Å²) in [5.41, 5.74) is 1.28. The van der Waals surface area contributed by atoms with Crippen LogP contribution in [0.25, 0.3) is 10.8 Å². The average molecular weight is 414 g/mol. The zero-order valence-electron chi connectivity index (χ0n) is 15.9. The molecular weight excluding hydrogens is 396 g/mol. The summed E-state index contributed by atoms with van der Waals surface area (Å²) in [4.78, 5) is 12.1. The summed E-state index contributed by atoms with van der Waals surface area (Å²) in [5.74, 6) is 0.741. The Morgan fingerprint density at radius 2 is 1.62 bits per heavy atom. The lowest BCUT2D eigenvalue weighted by Gasteiger charge is -2.16. The largest absolute Gasteiger partial charge is 0.493 e. The van der Waals surface area contributed by atoms with E-state index in [1.807, 2.05) is 0 Å². The van der Waals surface area contributed by atoms with Gasteiger partial charge in [0.1, 0.15) is 0 Å². The van der Waals surface area contributed by atoms with Gasteiger partial charge in [-0.3, -0.25) is 9.52 Å². The van der Waals surface area contributed by atoms with Crippen molar-refractivity contribution in [1.29, 1.82) is 0 Å². The number of carbonyl (C=O) groups excluding carboxylic acids is 1. The van der Waals surface area contributed by atoms with Crippen LogP contribution in [0.15, 0.2) is 47.4 Å². The van der Waals surface area contributed by atoms with E-state index in [0.717, 1.165) is 0 Å². The molecule has 29 heavy (non-hydrogen) atoms. The van der Waals surface area contributed by atoms with E-state index in [9.17, 15) is 13.2 Å². The fraction of sp³-hybridized carbons (Fsp3) is 0.150. The van der Waals surface area contributed by atoms with Crippen molar-refractivity contribution in [2.24, 2.45) is 0 Å². The summed E-state index contributed by atoms with van der Waals surface area (Å²) in [6.07, 6.45) is 0. The molecule has 0 fully saturated rings. The maximum absolute atomic E-state index is 13.2. The minimum atomic E-state index is -3.97. The number of rotatable bonds is 6. The molecule has 0 saturated carbocycles. The van der Waals surface area contributed by atoms with Gasteiger partial charge in [-0.25, -0.2) is 8.42 Å². The van der Waals surface area contributed by atoms with E-state index < -0.39 is 10.0 Å². The van der Waals surface area contributed by atoms with Crippen LogP contribution in [0.4, 0.5) is 11.4 Å². The highest BCUT2D eigenvalue weighted by Gasteiger charge is 2.27. The van der Waals surface area contributed by atoms with Gasteiger partial charge >= 0.3 is 0 Å². The monoisotopic (exact) mass is 414 g/mol. The quantitative estimate of drug-likeness (QED) is 0.642. The molecule has 0 spiro atoms. The van der Waals surface area contributed by atoms with Crippen molar-refractivity contribution in [3.63, 3.8) is 0 Å². The average Bonchev–Trinajstić information content (AvgIpc) is 3.04. The van der Waals surface area contributed by atoms with Gasteiger partial charge in [-0.1, -0.05) is 12.1 Å². The number of anilines is 2. The van der Waals surface area contributed by atoms with E-state index in [1.165, 1.54) is 39.5 Å². The molecule has 0 saturated heterocycles. The van der Waals surface area contributed by atoms with Gasteiger partial charge in [0, 0.05) is 34.2 Å². The number of amides is 1. The molecule has 0 unspecified atom stereocenters. The number of benzene rings is 3. The minimum Gasteiger partial charge on any atom is -0.493 e. The lowest BCUT2D eigenvalue weighted by Crippen LogP contribution is -2.14. The molecule has 9 heteroatoms. The first kappa shape index (κ1) is 18.9. The molecule has 0 radical (unpaired) electrons. The number of carbonyl (C=O) groups is 1. The summed E-state index contributed by atoms with van der Waals surface area (Å²) in [6, 6.07) is 11.1. The zero-order chi connectivity index (χ0) is 20.8.